The third kappa shape index (κ3) is 8.59. The van der Waals surface area contributed by atoms with Crippen LogP contribution in [0.25, 0.3) is 0 Å². The van der Waals surface area contributed by atoms with Gasteiger partial charge in [-0.1, -0.05) is 33.0 Å². The molecule has 0 amide bonds. The van der Waals surface area contributed by atoms with Crippen molar-refractivity contribution in [1.82, 2.24) is 0 Å². The quantitative estimate of drug-likeness (QED) is 0.555. The zero-order valence-corrected chi connectivity index (χ0v) is 10.5. The van der Waals surface area contributed by atoms with Crippen molar-refractivity contribution >= 4 is 45.5 Å². The third-order valence-electron chi connectivity index (χ3n) is 1.03. The number of carbonyl (C=O) groups excluding carboxylic acids is 1. The molecule has 0 aliphatic heterocycles. The minimum absolute atomic E-state index is 0.225. The molecule has 76 valence electrons. The lowest BCUT2D eigenvalue weighted by molar-refractivity contribution is -0.132. The average Bonchev–Trinajstić information content (AvgIpc) is 2.10. The van der Waals surface area contributed by atoms with Gasteiger partial charge in [-0.15, -0.1) is 11.8 Å². The van der Waals surface area contributed by atoms with Gasteiger partial charge >= 0.3 is 5.97 Å². The molecule has 0 bridgehead atoms. The van der Waals surface area contributed by atoms with E-state index in [0.717, 1.165) is 17.8 Å². The second-order valence-electron chi connectivity index (χ2n) is 2.85. The SMILES string of the molecule is CCC(=O)OSC(=S)SCC(C)C. The van der Waals surface area contributed by atoms with Gasteiger partial charge in [0.25, 0.3) is 0 Å². The van der Waals surface area contributed by atoms with Crippen LogP contribution >= 0.6 is 36.0 Å². The van der Waals surface area contributed by atoms with Gasteiger partial charge in [0, 0.05) is 12.2 Å². The van der Waals surface area contributed by atoms with Crippen LogP contribution in [0, 0.1) is 5.92 Å². The number of thiocarbonyl (C=S) groups is 1. The summed E-state index contributed by atoms with van der Waals surface area (Å²) in [5.74, 6) is 1.35. The van der Waals surface area contributed by atoms with Crippen LogP contribution in [0.2, 0.25) is 0 Å². The molecule has 0 saturated heterocycles. The molecule has 0 atom stereocenters. The maximum atomic E-state index is 10.7. The summed E-state index contributed by atoms with van der Waals surface area (Å²) in [6.07, 6.45) is 0.393. The second kappa shape index (κ2) is 7.64. The van der Waals surface area contributed by atoms with E-state index in [1.165, 1.54) is 0 Å². The Kier molecular flexibility index (Phi) is 7.80. The highest BCUT2D eigenvalue weighted by atomic mass is 32.2. The molecule has 0 heterocycles. The first kappa shape index (κ1) is 13.3. The molecule has 13 heavy (non-hydrogen) atoms. The molecule has 0 radical (unpaired) electrons. The zero-order chi connectivity index (χ0) is 10.3. The molecular weight excluding hydrogens is 224 g/mol. The highest BCUT2D eigenvalue weighted by Gasteiger charge is 2.05. The van der Waals surface area contributed by atoms with Gasteiger partial charge in [-0.2, -0.15) is 0 Å². The Bertz CT molecular complexity index is 180. The van der Waals surface area contributed by atoms with Gasteiger partial charge in [-0.3, -0.25) is 4.79 Å². The molecule has 0 aromatic heterocycles. The Labute approximate surface area is 93.4 Å². The number of thioether (sulfide) groups is 1. The predicted octanol–water partition coefficient (Wildman–Crippen LogP) is 3.26. The lowest BCUT2D eigenvalue weighted by Gasteiger charge is -2.04. The van der Waals surface area contributed by atoms with E-state index in [1.807, 2.05) is 0 Å². The van der Waals surface area contributed by atoms with Crippen LogP contribution in [-0.4, -0.2) is 15.3 Å². The standard InChI is InChI=1S/C8H14O2S3/c1-4-7(9)10-13-8(11)12-5-6(2)3/h6H,4-5H2,1-3H3. The Balaban J connectivity index is 3.46. The van der Waals surface area contributed by atoms with Gasteiger partial charge < -0.3 is 4.18 Å². The van der Waals surface area contributed by atoms with Crippen LogP contribution in [-0.2, 0) is 8.98 Å². The first-order chi connectivity index (χ1) is 6.06. The van der Waals surface area contributed by atoms with Crippen molar-refractivity contribution in [3.8, 4) is 0 Å². The van der Waals surface area contributed by atoms with Gasteiger partial charge in [-0.05, 0) is 5.92 Å². The fourth-order valence-corrected chi connectivity index (χ4v) is 1.95. The molecule has 0 aromatic rings. The molecule has 0 aliphatic rings. The van der Waals surface area contributed by atoms with Crippen LogP contribution in [0.15, 0.2) is 0 Å². The molecule has 0 rings (SSSR count). The van der Waals surface area contributed by atoms with Gasteiger partial charge in [0.2, 0.25) is 0 Å². The maximum absolute atomic E-state index is 10.7. The number of hydrogen-bond acceptors (Lipinski definition) is 5. The topological polar surface area (TPSA) is 26.3 Å². The van der Waals surface area contributed by atoms with Crippen molar-refractivity contribution in [3.63, 3.8) is 0 Å². The van der Waals surface area contributed by atoms with E-state index in [-0.39, 0.29) is 5.97 Å². The monoisotopic (exact) mass is 238 g/mol. The highest BCUT2D eigenvalue weighted by Crippen LogP contribution is 2.20. The van der Waals surface area contributed by atoms with E-state index >= 15 is 0 Å². The molecular formula is C8H14O2S3. The first-order valence-corrected chi connectivity index (χ1v) is 6.24. The summed E-state index contributed by atoms with van der Waals surface area (Å²) in [6.45, 7) is 6.00. The van der Waals surface area contributed by atoms with E-state index in [2.05, 4.69) is 13.8 Å². The van der Waals surface area contributed by atoms with Crippen molar-refractivity contribution in [3.05, 3.63) is 0 Å². The highest BCUT2D eigenvalue weighted by molar-refractivity contribution is 8.45. The molecule has 0 spiro atoms. The van der Waals surface area contributed by atoms with Crippen molar-refractivity contribution < 1.29 is 8.98 Å². The number of carbonyl (C=O) groups is 1. The Morgan fingerprint density at radius 2 is 2.15 bits per heavy atom. The van der Waals surface area contributed by atoms with E-state index in [4.69, 9.17) is 16.4 Å². The minimum Gasteiger partial charge on any atom is -0.385 e. The summed E-state index contributed by atoms with van der Waals surface area (Å²) in [7, 11) is 0. The van der Waals surface area contributed by atoms with Crippen LogP contribution < -0.4 is 0 Å². The van der Waals surface area contributed by atoms with Crippen LogP contribution in [0.4, 0.5) is 0 Å². The number of hydrogen-bond donors (Lipinski definition) is 0. The average molecular weight is 238 g/mol. The number of rotatable bonds is 3. The molecule has 0 saturated carbocycles. The largest absolute Gasteiger partial charge is 0.385 e. The van der Waals surface area contributed by atoms with E-state index in [9.17, 15) is 4.79 Å². The van der Waals surface area contributed by atoms with Crippen molar-refractivity contribution in [2.45, 2.75) is 27.2 Å². The summed E-state index contributed by atoms with van der Waals surface area (Å²) < 4.78 is 5.48. The van der Waals surface area contributed by atoms with Crippen molar-refractivity contribution in [1.29, 1.82) is 0 Å². The summed E-state index contributed by atoms with van der Waals surface area (Å²) in [5, 5.41) is 0. The van der Waals surface area contributed by atoms with Crippen molar-refractivity contribution in [2.24, 2.45) is 5.92 Å². The smallest absolute Gasteiger partial charge is 0.317 e. The van der Waals surface area contributed by atoms with E-state index < -0.39 is 0 Å². The molecule has 0 aromatic carbocycles. The second-order valence-corrected chi connectivity index (χ2v) is 5.80. The van der Waals surface area contributed by atoms with Crippen LogP contribution in [0.3, 0.4) is 0 Å². The molecule has 0 N–H and O–H groups in total. The third-order valence-corrected chi connectivity index (χ3v) is 3.62. The summed E-state index contributed by atoms with van der Waals surface area (Å²) >= 11 is 7.54. The maximum Gasteiger partial charge on any atom is 0.317 e. The molecule has 0 fully saturated rings. The lowest BCUT2D eigenvalue weighted by Crippen LogP contribution is -1.98. The minimum atomic E-state index is -0.225. The Hall–Kier alpha value is 0.260. The van der Waals surface area contributed by atoms with Crippen LogP contribution in [0.5, 0.6) is 0 Å². The summed E-state index contributed by atoms with van der Waals surface area (Å²) in [4.78, 5) is 10.7. The van der Waals surface area contributed by atoms with Gasteiger partial charge in [0.05, 0.1) is 0 Å². The normalized spacial score (nSPS) is 10.2. The van der Waals surface area contributed by atoms with E-state index in [0.29, 0.717) is 15.9 Å². The van der Waals surface area contributed by atoms with Gasteiger partial charge in [0.15, 0.2) is 0 Å². The fourth-order valence-electron chi connectivity index (χ4n) is 0.398. The molecule has 0 aliphatic carbocycles. The molecule has 5 heteroatoms. The van der Waals surface area contributed by atoms with Gasteiger partial charge in [-0.25, -0.2) is 0 Å². The van der Waals surface area contributed by atoms with Gasteiger partial charge in [0.1, 0.15) is 15.6 Å². The van der Waals surface area contributed by atoms with Crippen molar-refractivity contribution in [2.75, 3.05) is 5.75 Å². The summed E-state index contributed by atoms with van der Waals surface area (Å²) in [6, 6.07) is 0. The Morgan fingerprint density at radius 3 is 2.62 bits per heavy atom. The molecule has 0 unspecified atom stereocenters. The molecule has 2 nitrogen and oxygen atoms in total. The first-order valence-electron chi connectivity index (χ1n) is 4.10. The predicted molar refractivity (Wildman–Crippen MR) is 63.9 cm³/mol. The Morgan fingerprint density at radius 1 is 1.54 bits per heavy atom. The van der Waals surface area contributed by atoms with Crippen LogP contribution in [0.1, 0.15) is 27.2 Å². The summed E-state index contributed by atoms with van der Waals surface area (Å²) in [5.41, 5.74) is 0. The van der Waals surface area contributed by atoms with E-state index in [1.54, 1.807) is 18.7 Å². The zero-order valence-electron chi connectivity index (χ0n) is 8.03. The lowest BCUT2D eigenvalue weighted by atomic mass is 10.3. The fraction of sp³-hybridized carbons (Fsp3) is 0.750.